The lowest BCUT2D eigenvalue weighted by atomic mass is 10.0. The number of fused-ring (bicyclic) bond motifs is 3. The Hall–Kier alpha value is -3.98. The van der Waals surface area contributed by atoms with Gasteiger partial charge in [-0.25, -0.2) is 4.98 Å². The molecule has 168 valence electrons. The normalized spacial score (nSPS) is 10.9. The van der Waals surface area contributed by atoms with Crippen LogP contribution in [0.1, 0.15) is 29.2 Å². The molecule has 0 bridgehead atoms. The second-order valence-electron chi connectivity index (χ2n) is 7.87. The molecule has 4 aromatic rings. The minimum absolute atomic E-state index is 0.576. The van der Waals surface area contributed by atoms with Crippen molar-refractivity contribution >= 4 is 22.5 Å². The molecular formula is C27H28N4O2. The van der Waals surface area contributed by atoms with Gasteiger partial charge in [0, 0.05) is 18.7 Å². The van der Waals surface area contributed by atoms with Gasteiger partial charge in [0.05, 0.1) is 30.8 Å². The van der Waals surface area contributed by atoms with E-state index in [-0.39, 0.29) is 0 Å². The molecule has 0 N–H and O–H groups in total. The van der Waals surface area contributed by atoms with Gasteiger partial charge in [0.1, 0.15) is 23.4 Å². The number of methoxy groups -OCH3 is 2. The van der Waals surface area contributed by atoms with Crippen LogP contribution >= 0.6 is 0 Å². The zero-order valence-electron chi connectivity index (χ0n) is 19.6. The number of hydrogen-bond acceptors (Lipinski definition) is 5. The lowest BCUT2D eigenvalue weighted by molar-refractivity contribution is 0.398. The van der Waals surface area contributed by atoms with Gasteiger partial charge in [-0.05, 0) is 54.8 Å². The van der Waals surface area contributed by atoms with E-state index in [9.17, 15) is 5.26 Å². The number of para-hydroxylation sites is 2. The zero-order chi connectivity index (χ0) is 23.5. The summed E-state index contributed by atoms with van der Waals surface area (Å²) in [5.41, 5.74) is 6.20. The van der Waals surface area contributed by atoms with E-state index in [1.165, 1.54) is 0 Å². The Morgan fingerprint density at radius 3 is 2.64 bits per heavy atom. The number of pyridine rings is 1. The van der Waals surface area contributed by atoms with E-state index in [0.29, 0.717) is 24.3 Å². The minimum atomic E-state index is 0.576. The number of ether oxygens (including phenoxy) is 2. The Labute approximate surface area is 194 Å². The third-order valence-corrected chi connectivity index (χ3v) is 6.06. The van der Waals surface area contributed by atoms with Gasteiger partial charge in [-0.2, -0.15) is 5.26 Å². The minimum Gasteiger partial charge on any atom is -0.497 e. The number of nitrogens with zero attached hydrogens (tertiary/aromatic N) is 4. The molecule has 0 aliphatic heterocycles. The monoisotopic (exact) mass is 440 g/mol. The summed E-state index contributed by atoms with van der Waals surface area (Å²) in [6.07, 6.45) is 2.67. The predicted molar refractivity (Wildman–Crippen MR) is 132 cm³/mol. The van der Waals surface area contributed by atoms with Crippen molar-refractivity contribution in [3.8, 4) is 17.6 Å². The fourth-order valence-electron chi connectivity index (χ4n) is 4.51. The molecule has 2 aromatic carbocycles. The van der Waals surface area contributed by atoms with Gasteiger partial charge >= 0.3 is 0 Å². The molecule has 4 rings (SSSR count). The molecule has 0 saturated carbocycles. The van der Waals surface area contributed by atoms with Crippen LogP contribution in [0.15, 0.2) is 55.1 Å². The number of aromatic nitrogens is 2. The quantitative estimate of drug-likeness (QED) is 0.342. The molecule has 0 aliphatic rings. The van der Waals surface area contributed by atoms with Crippen molar-refractivity contribution < 1.29 is 9.47 Å². The molecule has 0 amide bonds. The Bertz CT molecular complexity index is 1380. The molecule has 6 nitrogen and oxygen atoms in total. The highest BCUT2D eigenvalue weighted by Crippen LogP contribution is 2.35. The first-order valence-corrected chi connectivity index (χ1v) is 11.0. The van der Waals surface area contributed by atoms with Crippen LogP contribution in [-0.4, -0.2) is 30.1 Å². The number of nitriles is 1. The molecule has 0 atom stereocenters. The standard InChI is InChI=1S/C27H28N4O2/c1-6-14-30(17-19-15-20(32-4)12-13-25(19)33-5)27-21(7-2)18(3)22(16-28)26-29-23-10-8-9-11-24(23)31(26)27/h6,8-13,15H,1,7,14,17H2,2-5H3. The van der Waals surface area contributed by atoms with Gasteiger partial charge in [-0.1, -0.05) is 25.1 Å². The predicted octanol–water partition coefficient (Wildman–Crippen LogP) is 5.44. The van der Waals surface area contributed by atoms with Gasteiger partial charge < -0.3 is 14.4 Å². The van der Waals surface area contributed by atoms with E-state index in [0.717, 1.165) is 51.5 Å². The van der Waals surface area contributed by atoms with Crippen LogP contribution in [0.2, 0.25) is 0 Å². The topological polar surface area (TPSA) is 62.8 Å². The first-order valence-electron chi connectivity index (χ1n) is 11.0. The van der Waals surface area contributed by atoms with E-state index in [1.54, 1.807) is 14.2 Å². The van der Waals surface area contributed by atoms with E-state index in [1.807, 2.05) is 55.5 Å². The fraction of sp³-hybridized carbons (Fsp3) is 0.259. The highest BCUT2D eigenvalue weighted by Gasteiger charge is 2.24. The van der Waals surface area contributed by atoms with Crippen LogP contribution in [-0.2, 0) is 13.0 Å². The molecule has 0 spiro atoms. The number of hydrogen-bond donors (Lipinski definition) is 0. The van der Waals surface area contributed by atoms with Crippen LogP contribution in [0.4, 0.5) is 5.82 Å². The Kier molecular flexibility index (Phi) is 6.23. The van der Waals surface area contributed by atoms with Gasteiger partial charge in [0.15, 0.2) is 5.65 Å². The van der Waals surface area contributed by atoms with Crippen molar-refractivity contribution in [3.63, 3.8) is 0 Å². The fourth-order valence-corrected chi connectivity index (χ4v) is 4.51. The SMILES string of the molecule is C=CCN(Cc1cc(OC)ccc1OC)c1c(CC)c(C)c(C#N)c2nc3ccccc3n12. The van der Waals surface area contributed by atoms with E-state index in [4.69, 9.17) is 14.5 Å². The lowest BCUT2D eigenvalue weighted by Gasteiger charge is -2.29. The van der Waals surface area contributed by atoms with Gasteiger partial charge in [0.2, 0.25) is 0 Å². The highest BCUT2D eigenvalue weighted by molar-refractivity contribution is 5.86. The Morgan fingerprint density at radius 1 is 1.18 bits per heavy atom. The van der Waals surface area contributed by atoms with Crippen LogP contribution in [0, 0.1) is 18.3 Å². The summed E-state index contributed by atoms with van der Waals surface area (Å²) >= 11 is 0. The van der Waals surface area contributed by atoms with Gasteiger partial charge in [0.25, 0.3) is 0 Å². The third kappa shape index (κ3) is 3.76. The summed E-state index contributed by atoms with van der Waals surface area (Å²) in [5.74, 6) is 2.58. The average molecular weight is 441 g/mol. The largest absolute Gasteiger partial charge is 0.497 e. The average Bonchev–Trinajstić information content (AvgIpc) is 3.21. The van der Waals surface area contributed by atoms with E-state index < -0.39 is 0 Å². The lowest BCUT2D eigenvalue weighted by Crippen LogP contribution is -2.27. The Balaban J connectivity index is 2.04. The van der Waals surface area contributed by atoms with Crippen molar-refractivity contribution in [2.75, 3.05) is 25.7 Å². The summed E-state index contributed by atoms with van der Waals surface area (Å²) < 4.78 is 13.2. The maximum absolute atomic E-state index is 9.99. The van der Waals surface area contributed by atoms with Crippen molar-refractivity contribution in [2.24, 2.45) is 0 Å². The summed E-state index contributed by atoms with van der Waals surface area (Å²) in [5, 5.41) is 9.99. The first kappa shape index (κ1) is 22.2. The molecule has 0 unspecified atom stereocenters. The van der Waals surface area contributed by atoms with E-state index in [2.05, 4.69) is 28.9 Å². The number of rotatable bonds is 8. The third-order valence-electron chi connectivity index (χ3n) is 6.06. The molecule has 2 aromatic heterocycles. The van der Waals surface area contributed by atoms with Crippen LogP contribution in [0.25, 0.3) is 16.7 Å². The summed E-state index contributed by atoms with van der Waals surface area (Å²) in [7, 11) is 3.33. The number of benzene rings is 2. The Morgan fingerprint density at radius 2 is 1.97 bits per heavy atom. The maximum Gasteiger partial charge on any atom is 0.157 e. The van der Waals surface area contributed by atoms with Crippen molar-refractivity contribution in [1.82, 2.24) is 9.38 Å². The maximum atomic E-state index is 9.99. The number of imidazole rings is 1. The second-order valence-corrected chi connectivity index (χ2v) is 7.87. The van der Waals surface area contributed by atoms with Crippen LogP contribution < -0.4 is 14.4 Å². The molecule has 6 heteroatoms. The molecule has 0 radical (unpaired) electrons. The summed E-state index contributed by atoms with van der Waals surface area (Å²) in [4.78, 5) is 7.10. The van der Waals surface area contributed by atoms with E-state index >= 15 is 0 Å². The van der Waals surface area contributed by atoms with Gasteiger partial charge in [-0.15, -0.1) is 6.58 Å². The highest BCUT2D eigenvalue weighted by atomic mass is 16.5. The second kappa shape index (κ2) is 9.25. The zero-order valence-corrected chi connectivity index (χ0v) is 19.6. The van der Waals surface area contributed by atoms with Crippen molar-refractivity contribution in [2.45, 2.75) is 26.8 Å². The van der Waals surface area contributed by atoms with Crippen LogP contribution in [0.3, 0.4) is 0 Å². The first-order chi connectivity index (χ1) is 16.1. The molecule has 0 aliphatic carbocycles. The number of anilines is 1. The molecule has 33 heavy (non-hydrogen) atoms. The summed E-state index contributed by atoms with van der Waals surface area (Å²) in [6, 6.07) is 16.2. The molecule has 0 fully saturated rings. The molecule has 0 saturated heterocycles. The van der Waals surface area contributed by atoms with Gasteiger partial charge in [-0.3, -0.25) is 4.40 Å². The van der Waals surface area contributed by atoms with Crippen LogP contribution in [0.5, 0.6) is 11.5 Å². The summed E-state index contributed by atoms with van der Waals surface area (Å²) in [6.45, 7) is 9.33. The van der Waals surface area contributed by atoms with Crippen molar-refractivity contribution in [1.29, 1.82) is 5.26 Å². The molecular weight excluding hydrogens is 412 g/mol. The smallest absolute Gasteiger partial charge is 0.157 e. The molecule has 2 heterocycles. The van der Waals surface area contributed by atoms with Crippen molar-refractivity contribution in [3.05, 3.63) is 77.4 Å².